The number of phenols is 1. The van der Waals surface area contributed by atoms with Gasteiger partial charge in [0, 0.05) is 12.1 Å². The van der Waals surface area contributed by atoms with Crippen molar-refractivity contribution in [1.29, 1.82) is 0 Å². The molecule has 2 aromatic carbocycles. The lowest BCUT2D eigenvalue weighted by Gasteiger charge is -2.19. The van der Waals surface area contributed by atoms with Crippen LogP contribution in [-0.4, -0.2) is 64.9 Å². The molecule has 2 aromatic heterocycles. The van der Waals surface area contributed by atoms with Crippen molar-refractivity contribution in [3.05, 3.63) is 60.4 Å². The van der Waals surface area contributed by atoms with Gasteiger partial charge >= 0.3 is 0 Å². The summed E-state index contributed by atoms with van der Waals surface area (Å²) < 4.78 is 7.18. The Balaban J connectivity index is 1.46. The highest BCUT2D eigenvalue weighted by Gasteiger charge is 2.45. The lowest BCUT2D eigenvalue weighted by molar-refractivity contribution is -0.0501. The van der Waals surface area contributed by atoms with Gasteiger partial charge in [0.25, 0.3) is 0 Å². The van der Waals surface area contributed by atoms with Crippen molar-refractivity contribution in [3.63, 3.8) is 0 Å². The van der Waals surface area contributed by atoms with Crippen LogP contribution >= 0.6 is 0 Å². The van der Waals surface area contributed by atoms with Gasteiger partial charge in [-0.3, -0.25) is 4.57 Å². The second-order valence-corrected chi connectivity index (χ2v) is 8.04. The van der Waals surface area contributed by atoms with E-state index in [1.165, 1.54) is 10.9 Å². The number of aromatic hydroxyl groups is 1. The number of nitrogens with zero attached hydrogens (tertiary/aromatic N) is 4. The monoisotopic (exact) mass is 464 g/mol. The highest BCUT2D eigenvalue weighted by molar-refractivity contribution is 5.84. The van der Waals surface area contributed by atoms with E-state index in [1.807, 2.05) is 42.5 Å². The molecule has 1 aliphatic heterocycles. The number of benzene rings is 2. The van der Waals surface area contributed by atoms with E-state index in [0.29, 0.717) is 16.7 Å². The van der Waals surface area contributed by atoms with Gasteiger partial charge in [-0.25, -0.2) is 15.0 Å². The van der Waals surface area contributed by atoms with E-state index in [9.17, 15) is 20.4 Å². The molecule has 3 heterocycles. The Hall–Kier alpha value is -3.77. The van der Waals surface area contributed by atoms with E-state index in [4.69, 9.17) is 10.5 Å². The van der Waals surface area contributed by atoms with Crippen LogP contribution in [0.1, 0.15) is 11.8 Å². The Bertz CT molecular complexity index is 1310. The summed E-state index contributed by atoms with van der Waals surface area (Å²) in [6, 6.07) is 14.9. The smallest absolute Gasteiger partial charge is 0.207 e. The molecular formula is C23H24N6O5. The number of phenolic OH excluding ortho intramolecular Hbond substituents is 1. The summed E-state index contributed by atoms with van der Waals surface area (Å²) in [5.74, 6) is 0.546. The van der Waals surface area contributed by atoms with Gasteiger partial charge in [-0.05, 0) is 17.2 Å². The number of nitrogens with two attached hydrogens (primary N) is 1. The third kappa shape index (κ3) is 3.80. The number of nitrogens with one attached hydrogen (secondary N) is 1. The predicted octanol–water partition coefficient (Wildman–Crippen LogP) is 1.00. The predicted molar refractivity (Wildman–Crippen MR) is 124 cm³/mol. The highest BCUT2D eigenvalue weighted by Crippen LogP contribution is 2.35. The van der Waals surface area contributed by atoms with Gasteiger partial charge in [0.2, 0.25) is 5.95 Å². The Morgan fingerprint density at radius 1 is 1.06 bits per heavy atom. The number of aliphatic hydroxyl groups is 3. The number of aromatic nitrogens is 4. The summed E-state index contributed by atoms with van der Waals surface area (Å²) in [7, 11) is 0. The summed E-state index contributed by atoms with van der Waals surface area (Å²) >= 11 is 0. The van der Waals surface area contributed by atoms with Crippen molar-refractivity contribution >= 4 is 22.9 Å². The quantitative estimate of drug-likeness (QED) is 0.242. The van der Waals surface area contributed by atoms with Crippen LogP contribution in [0.5, 0.6) is 5.75 Å². The van der Waals surface area contributed by atoms with Crippen LogP contribution in [0.25, 0.3) is 22.3 Å². The summed E-state index contributed by atoms with van der Waals surface area (Å²) in [6.45, 7) is -0.192. The third-order valence-electron chi connectivity index (χ3n) is 5.87. The number of imidazole rings is 1. The van der Waals surface area contributed by atoms with Crippen molar-refractivity contribution < 1.29 is 25.2 Å². The van der Waals surface area contributed by atoms with E-state index in [1.54, 1.807) is 6.07 Å². The van der Waals surface area contributed by atoms with Crippen molar-refractivity contribution in [1.82, 2.24) is 19.5 Å². The Labute approximate surface area is 194 Å². The average Bonchev–Trinajstić information content (AvgIpc) is 3.36. The van der Waals surface area contributed by atoms with Gasteiger partial charge in [0.05, 0.1) is 6.61 Å². The molecule has 4 aromatic rings. The lowest BCUT2D eigenvalue weighted by Crippen LogP contribution is -2.33. The summed E-state index contributed by atoms with van der Waals surface area (Å²) in [5, 5.41) is 44.0. The molecule has 0 spiro atoms. The van der Waals surface area contributed by atoms with Crippen LogP contribution in [0, 0.1) is 0 Å². The molecule has 11 nitrogen and oxygen atoms in total. The van der Waals surface area contributed by atoms with Gasteiger partial charge in [0.1, 0.15) is 30.4 Å². The molecule has 11 heteroatoms. The second-order valence-electron chi connectivity index (χ2n) is 8.04. The van der Waals surface area contributed by atoms with Gasteiger partial charge in [-0.2, -0.15) is 0 Å². The zero-order valence-electron chi connectivity index (χ0n) is 18.0. The molecule has 5 rings (SSSR count). The fourth-order valence-corrected chi connectivity index (χ4v) is 4.12. The molecule has 1 aliphatic rings. The van der Waals surface area contributed by atoms with Crippen LogP contribution in [0.4, 0.5) is 11.8 Å². The number of rotatable bonds is 6. The maximum Gasteiger partial charge on any atom is 0.207 e. The minimum atomic E-state index is -1.33. The zero-order valence-corrected chi connectivity index (χ0v) is 18.0. The number of hydrogen-bond acceptors (Lipinski definition) is 10. The molecule has 34 heavy (non-hydrogen) atoms. The minimum absolute atomic E-state index is 0.137. The van der Waals surface area contributed by atoms with Crippen molar-refractivity contribution in [2.75, 3.05) is 17.7 Å². The molecule has 1 fully saturated rings. The molecule has 0 unspecified atom stereocenters. The number of ether oxygens (including phenoxy) is 1. The molecule has 1 saturated heterocycles. The van der Waals surface area contributed by atoms with Crippen LogP contribution in [-0.2, 0) is 11.3 Å². The van der Waals surface area contributed by atoms with Gasteiger partial charge in [-0.1, -0.05) is 42.5 Å². The largest absolute Gasteiger partial charge is 0.507 e. The van der Waals surface area contributed by atoms with Crippen LogP contribution < -0.4 is 11.1 Å². The number of nitrogen functional groups attached to an aromatic ring is 1. The lowest BCUT2D eigenvalue weighted by atomic mass is 10.0. The summed E-state index contributed by atoms with van der Waals surface area (Å²) in [4.78, 5) is 12.7. The highest BCUT2D eigenvalue weighted by atomic mass is 16.6. The number of hydrogen-bond donors (Lipinski definition) is 6. The zero-order chi connectivity index (χ0) is 23.8. The van der Waals surface area contributed by atoms with Crippen LogP contribution in [0.3, 0.4) is 0 Å². The number of aliphatic hydroxyl groups excluding tert-OH is 3. The molecule has 4 atom stereocenters. The van der Waals surface area contributed by atoms with Crippen LogP contribution in [0.2, 0.25) is 0 Å². The fraction of sp³-hybridized carbons (Fsp3) is 0.261. The van der Waals surface area contributed by atoms with Gasteiger partial charge < -0.3 is 36.2 Å². The Morgan fingerprint density at radius 3 is 2.56 bits per heavy atom. The Kier molecular flexibility index (Phi) is 5.75. The maximum atomic E-state index is 10.6. The van der Waals surface area contributed by atoms with E-state index in [0.717, 1.165) is 11.1 Å². The molecule has 0 radical (unpaired) electrons. The van der Waals surface area contributed by atoms with Gasteiger partial charge in [0.15, 0.2) is 23.2 Å². The molecular weight excluding hydrogens is 440 g/mol. The average molecular weight is 464 g/mol. The normalized spacial score (nSPS) is 22.3. The SMILES string of the molecule is Nc1ncnc2c1nc(NCc1ccc(-c3ccccc3)c(O)c1)n2[C@@H]1O[C@H](CO)[C@@H](O)[C@H]1O. The molecule has 0 aliphatic carbocycles. The van der Waals surface area contributed by atoms with Gasteiger partial charge in [-0.15, -0.1) is 0 Å². The molecule has 7 N–H and O–H groups in total. The number of fused-ring (bicyclic) bond motifs is 1. The molecule has 0 amide bonds. The van der Waals surface area contributed by atoms with Crippen molar-refractivity contribution in [2.45, 2.75) is 31.1 Å². The standard InChI is InChI=1S/C23H24N6O5/c24-20-17-21(27-11-26-20)29(22-19(33)18(32)16(10-30)34-22)23(28-17)25-9-12-6-7-14(15(31)8-12)13-4-2-1-3-5-13/h1-8,11,16,18-19,22,30-33H,9-10H2,(H,25,28)(H2,24,26,27)/t16-,18-,19-,22-/m1/s1. The molecule has 0 bridgehead atoms. The fourth-order valence-electron chi connectivity index (χ4n) is 4.12. The Morgan fingerprint density at radius 2 is 1.85 bits per heavy atom. The first-order chi connectivity index (χ1) is 16.5. The van der Waals surface area contributed by atoms with E-state index in [-0.39, 0.29) is 24.1 Å². The van der Waals surface area contributed by atoms with E-state index < -0.39 is 31.1 Å². The van der Waals surface area contributed by atoms with E-state index in [2.05, 4.69) is 20.3 Å². The molecule has 176 valence electrons. The first kappa shape index (κ1) is 22.0. The topological polar surface area (TPSA) is 172 Å². The first-order valence-electron chi connectivity index (χ1n) is 10.7. The first-order valence-corrected chi connectivity index (χ1v) is 10.7. The minimum Gasteiger partial charge on any atom is -0.507 e. The maximum absolute atomic E-state index is 10.6. The van der Waals surface area contributed by atoms with Crippen molar-refractivity contribution in [2.24, 2.45) is 0 Å². The second kappa shape index (κ2) is 8.88. The van der Waals surface area contributed by atoms with Crippen LogP contribution in [0.15, 0.2) is 54.9 Å². The number of anilines is 2. The van der Waals surface area contributed by atoms with Crippen molar-refractivity contribution in [3.8, 4) is 16.9 Å². The third-order valence-corrected chi connectivity index (χ3v) is 5.87. The summed E-state index contributed by atoms with van der Waals surface area (Å²) in [6.07, 6.45) is -3.39. The summed E-state index contributed by atoms with van der Waals surface area (Å²) in [5.41, 5.74) is 8.96. The van der Waals surface area contributed by atoms with E-state index >= 15 is 0 Å². The molecule has 0 saturated carbocycles.